The maximum absolute atomic E-state index is 12.1. The van der Waals surface area contributed by atoms with Crippen molar-refractivity contribution in [1.82, 2.24) is 10.5 Å². The molecule has 0 fully saturated rings. The van der Waals surface area contributed by atoms with Crippen LogP contribution in [0.3, 0.4) is 0 Å². The van der Waals surface area contributed by atoms with Crippen LogP contribution in [0.2, 0.25) is 0 Å². The molecule has 2 aromatic rings. The first-order chi connectivity index (χ1) is 8.59. The smallest absolute Gasteiger partial charge is 0.257 e. The molecule has 0 bridgehead atoms. The van der Waals surface area contributed by atoms with Gasteiger partial charge in [0.05, 0.1) is 18.0 Å². The standard InChI is InChI=1S/C13H16N2O3/c1-8(2)9(3)15-13(16)11-6-14-18-12(11)10-4-5-17-7-10/h4-9H,1-3H3,(H,15,16)/t9-/m0/s1. The molecule has 0 radical (unpaired) electrons. The van der Waals surface area contributed by atoms with E-state index in [9.17, 15) is 4.79 Å². The van der Waals surface area contributed by atoms with E-state index in [1.165, 1.54) is 18.7 Å². The lowest BCUT2D eigenvalue weighted by molar-refractivity contribution is 0.0931. The van der Waals surface area contributed by atoms with E-state index in [0.29, 0.717) is 22.8 Å². The summed E-state index contributed by atoms with van der Waals surface area (Å²) in [5.41, 5.74) is 1.12. The van der Waals surface area contributed by atoms with Crippen molar-refractivity contribution in [2.45, 2.75) is 26.8 Å². The summed E-state index contributed by atoms with van der Waals surface area (Å²) in [7, 11) is 0. The zero-order valence-electron chi connectivity index (χ0n) is 10.6. The van der Waals surface area contributed by atoms with Crippen LogP contribution >= 0.6 is 0 Å². The lowest BCUT2D eigenvalue weighted by Crippen LogP contribution is -2.36. The van der Waals surface area contributed by atoms with Crippen LogP contribution in [0.4, 0.5) is 0 Å². The molecule has 0 aromatic carbocycles. The van der Waals surface area contributed by atoms with Crippen LogP contribution in [0, 0.1) is 5.92 Å². The molecule has 0 aliphatic rings. The maximum Gasteiger partial charge on any atom is 0.257 e. The number of amides is 1. The summed E-state index contributed by atoms with van der Waals surface area (Å²) in [5, 5.41) is 6.59. The Kier molecular flexibility index (Phi) is 3.50. The lowest BCUT2D eigenvalue weighted by Gasteiger charge is -2.16. The third-order valence-electron chi connectivity index (χ3n) is 2.96. The molecule has 1 atom stereocenters. The molecule has 96 valence electrons. The van der Waals surface area contributed by atoms with Crippen molar-refractivity contribution in [2.75, 3.05) is 0 Å². The van der Waals surface area contributed by atoms with Gasteiger partial charge in [-0.3, -0.25) is 4.79 Å². The summed E-state index contributed by atoms with van der Waals surface area (Å²) in [4.78, 5) is 12.1. The molecule has 0 saturated carbocycles. The number of rotatable bonds is 4. The van der Waals surface area contributed by atoms with E-state index >= 15 is 0 Å². The number of hydrogen-bond acceptors (Lipinski definition) is 4. The quantitative estimate of drug-likeness (QED) is 0.903. The van der Waals surface area contributed by atoms with Crippen molar-refractivity contribution in [2.24, 2.45) is 5.92 Å². The monoisotopic (exact) mass is 248 g/mol. The zero-order chi connectivity index (χ0) is 13.1. The molecule has 0 aliphatic heterocycles. The molecular weight excluding hydrogens is 232 g/mol. The van der Waals surface area contributed by atoms with Crippen LogP contribution in [-0.2, 0) is 0 Å². The molecule has 2 aromatic heterocycles. The summed E-state index contributed by atoms with van der Waals surface area (Å²) < 4.78 is 10.1. The summed E-state index contributed by atoms with van der Waals surface area (Å²) >= 11 is 0. The molecule has 2 rings (SSSR count). The normalized spacial score (nSPS) is 12.7. The average molecular weight is 248 g/mol. The second-order valence-corrected chi connectivity index (χ2v) is 4.59. The Labute approximate surface area is 105 Å². The first kappa shape index (κ1) is 12.4. The number of furan rings is 1. The average Bonchev–Trinajstić information content (AvgIpc) is 2.99. The fourth-order valence-corrected chi connectivity index (χ4v) is 1.45. The third kappa shape index (κ3) is 2.45. The van der Waals surface area contributed by atoms with E-state index < -0.39 is 0 Å². The summed E-state index contributed by atoms with van der Waals surface area (Å²) in [6.07, 6.45) is 4.46. The van der Waals surface area contributed by atoms with Gasteiger partial charge in [-0.05, 0) is 18.9 Å². The third-order valence-corrected chi connectivity index (χ3v) is 2.96. The van der Waals surface area contributed by atoms with Crippen molar-refractivity contribution in [3.63, 3.8) is 0 Å². The minimum atomic E-state index is -0.186. The summed E-state index contributed by atoms with van der Waals surface area (Å²) in [6, 6.07) is 1.81. The number of aromatic nitrogens is 1. The minimum Gasteiger partial charge on any atom is -0.472 e. The van der Waals surface area contributed by atoms with Gasteiger partial charge in [-0.15, -0.1) is 0 Å². The van der Waals surface area contributed by atoms with Crippen molar-refractivity contribution in [3.8, 4) is 11.3 Å². The minimum absolute atomic E-state index is 0.0876. The van der Waals surface area contributed by atoms with Gasteiger partial charge >= 0.3 is 0 Å². The number of carbonyl (C=O) groups excluding carboxylic acids is 1. The largest absolute Gasteiger partial charge is 0.472 e. The van der Waals surface area contributed by atoms with Gasteiger partial charge in [0.25, 0.3) is 5.91 Å². The van der Waals surface area contributed by atoms with Gasteiger partial charge in [-0.25, -0.2) is 0 Å². The zero-order valence-corrected chi connectivity index (χ0v) is 10.6. The van der Waals surface area contributed by atoms with Gasteiger partial charge in [0.1, 0.15) is 11.8 Å². The van der Waals surface area contributed by atoms with Gasteiger partial charge in [-0.2, -0.15) is 0 Å². The van der Waals surface area contributed by atoms with Crippen LogP contribution in [-0.4, -0.2) is 17.1 Å². The maximum atomic E-state index is 12.1. The first-order valence-electron chi connectivity index (χ1n) is 5.87. The summed E-state index contributed by atoms with van der Waals surface area (Å²) in [6.45, 7) is 6.07. The van der Waals surface area contributed by atoms with Crippen LogP contribution < -0.4 is 5.32 Å². The molecule has 0 unspecified atom stereocenters. The van der Waals surface area contributed by atoms with Crippen molar-refractivity contribution < 1.29 is 13.7 Å². The highest BCUT2D eigenvalue weighted by Crippen LogP contribution is 2.23. The van der Waals surface area contributed by atoms with Crippen molar-refractivity contribution in [3.05, 3.63) is 30.4 Å². The van der Waals surface area contributed by atoms with Crippen LogP contribution in [0.25, 0.3) is 11.3 Å². The Bertz CT molecular complexity index is 514. The second kappa shape index (κ2) is 5.08. The number of carbonyl (C=O) groups is 1. The van der Waals surface area contributed by atoms with Crippen LogP contribution in [0.15, 0.2) is 33.7 Å². The first-order valence-corrected chi connectivity index (χ1v) is 5.87. The van der Waals surface area contributed by atoms with Gasteiger partial charge in [0.2, 0.25) is 0 Å². The van der Waals surface area contributed by atoms with E-state index in [0.717, 1.165) is 0 Å². The molecule has 0 saturated heterocycles. The van der Waals surface area contributed by atoms with Crippen molar-refractivity contribution >= 4 is 5.91 Å². The highest BCUT2D eigenvalue weighted by molar-refractivity contribution is 5.99. The predicted octanol–water partition coefficient (Wildman–Crippen LogP) is 2.71. The molecule has 18 heavy (non-hydrogen) atoms. The van der Waals surface area contributed by atoms with E-state index in [1.54, 1.807) is 6.07 Å². The molecule has 2 heterocycles. The second-order valence-electron chi connectivity index (χ2n) is 4.59. The SMILES string of the molecule is CC(C)[C@H](C)NC(=O)c1cnoc1-c1ccoc1. The van der Waals surface area contributed by atoms with Crippen LogP contribution in [0.1, 0.15) is 31.1 Å². The molecule has 5 heteroatoms. The van der Waals surface area contributed by atoms with E-state index in [1.807, 2.05) is 6.92 Å². The van der Waals surface area contributed by atoms with Crippen LogP contribution in [0.5, 0.6) is 0 Å². The number of nitrogens with zero attached hydrogens (tertiary/aromatic N) is 1. The fourth-order valence-electron chi connectivity index (χ4n) is 1.45. The van der Waals surface area contributed by atoms with Gasteiger partial charge in [-0.1, -0.05) is 19.0 Å². The number of hydrogen-bond donors (Lipinski definition) is 1. The number of nitrogens with one attached hydrogen (secondary N) is 1. The Balaban J connectivity index is 2.19. The predicted molar refractivity (Wildman–Crippen MR) is 66.0 cm³/mol. The highest BCUT2D eigenvalue weighted by atomic mass is 16.5. The topological polar surface area (TPSA) is 68.3 Å². The lowest BCUT2D eigenvalue weighted by atomic mass is 10.1. The Morgan fingerprint density at radius 2 is 2.17 bits per heavy atom. The van der Waals surface area contributed by atoms with Gasteiger partial charge in [0.15, 0.2) is 5.76 Å². The fraction of sp³-hybridized carbons (Fsp3) is 0.385. The van der Waals surface area contributed by atoms with E-state index in [-0.39, 0.29) is 11.9 Å². The molecule has 1 amide bonds. The Hall–Kier alpha value is -2.04. The van der Waals surface area contributed by atoms with Gasteiger partial charge < -0.3 is 14.3 Å². The highest BCUT2D eigenvalue weighted by Gasteiger charge is 2.20. The Morgan fingerprint density at radius 3 is 2.78 bits per heavy atom. The molecule has 1 N–H and O–H groups in total. The van der Waals surface area contributed by atoms with Gasteiger partial charge in [0, 0.05) is 6.04 Å². The van der Waals surface area contributed by atoms with E-state index in [2.05, 4.69) is 24.3 Å². The summed E-state index contributed by atoms with van der Waals surface area (Å²) in [5.74, 6) is 0.608. The molecule has 0 aliphatic carbocycles. The molecule has 5 nitrogen and oxygen atoms in total. The molecule has 0 spiro atoms. The Morgan fingerprint density at radius 1 is 1.39 bits per heavy atom. The van der Waals surface area contributed by atoms with E-state index in [4.69, 9.17) is 8.94 Å². The molecular formula is C13H16N2O3. The van der Waals surface area contributed by atoms with Crippen molar-refractivity contribution in [1.29, 1.82) is 0 Å².